The molecular weight excluding hydrogens is 544 g/mol. The second kappa shape index (κ2) is 24.6. The molecule has 12 nitrogen and oxygen atoms in total. The van der Waals surface area contributed by atoms with Crippen molar-refractivity contribution in [3.8, 4) is 0 Å². The lowest BCUT2D eigenvalue weighted by Gasteiger charge is -2.27. The molecule has 42 heavy (non-hydrogen) atoms. The summed E-state index contributed by atoms with van der Waals surface area (Å²) in [5.41, 5.74) is 0.946. The molecule has 0 aromatic heterocycles. The molecule has 2 atom stereocenters. The molecule has 0 saturated carbocycles. The number of nitrogens with zero attached hydrogens (tertiary/aromatic N) is 4. The van der Waals surface area contributed by atoms with Gasteiger partial charge >= 0.3 is 0 Å². The van der Waals surface area contributed by atoms with Crippen molar-refractivity contribution in [3.63, 3.8) is 0 Å². The summed E-state index contributed by atoms with van der Waals surface area (Å²) < 4.78 is 47.7. The number of hydrogen-bond donors (Lipinski definition) is 0. The Labute approximate surface area is 254 Å². The molecule has 0 N–H and O–H groups in total. The molecular formula is C30H58N4O8. The Kier molecular flexibility index (Phi) is 20.9. The number of hydrogen-bond acceptors (Lipinski definition) is 12. The molecule has 4 rings (SSSR count). The lowest BCUT2D eigenvalue weighted by molar-refractivity contribution is 0.0143. The molecule has 4 fully saturated rings. The highest BCUT2D eigenvalue weighted by molar-refractivity contribution is 4.94. The fraction of sp³-hybridized carbons (Fsp3) is 0.933. The molecule has 2 unspecified atom stereocenters. The Morgan fingerprint density at radius 1 is 0.286 bits per heavy atom. The van der Waals surface area contributed by atoms with Crippen molar-refractivity contribution in [2.45, 2.75) is 0 Å². The van der Waals surface area contributed by atoms with Gasteiger partial charge in [0, 0.05) is 78.5 Å². The molecule has 4 saturated heterocycles. The normalized spacial score (nSPS) is 31.8. The van der Waals surface area contributed by atoms with E-state index in [-0.39, 0.29) is 0 Å². The van der Waals surface area contributed by atoms with Crippen molar-refractivity contribution < 1.29 is 37.9 Å². The van der Waals surface area contributed by atoms with E-state index >= 15 is 0 Å². The van der Waals surface area contributed by atoms with Crippen molar-refractivity contribution in [1.82, 2.24) is 19.6 Å². The Balaban J connectivity index is 1.67. The SMILES string of the molecule is C=C1COCCN2CCOCCOCCN3CCOCCN(CCOCCN(CCOCCOCC2)CC3)CCOC1. The predicted octanol–water partition coefficient (Wildman–Crippen LogP) is -0.0758. The van der Waals surface area contributed by atoms with Crippen molar-refractivity contribution in [1.29, 1.82) is 0 Å². The third-order valence-corrected chi connectivity index (χ3v) is 7.61. The Morgan fingerprint density at radius 3 is 0.786 bits per heavy atom. The molecule has 4 aliphatic rings. The Hall–Kier alpha value is -0.740. The van der Waals surface area contributed by atoms with Crippen molar-refractivity contribution in [2.24, 2.45) is 0 Å². The summed E-state index contributed by atoms with van der Waals surface area (Å²) in [5.74, 6) is 0. The summed E-state index contributed by atoms with van der Waals surface area (Å²) in [4.78, 5) is 9.55. The minimum atomic E-state index is 0.495. The molecule has 4 bridgehead atoms. The second-order valence-electron chi connectivity index (χ2n) is 10.9. The summed E-state index contributed by atoms with van der Waals surface area (Å²) in [6.45, 7) is 24.5. The lowest BCUT2D eigenvalue weighted by Crippen LogP contribution is -2.41. The summed E-state index contributed by atoms with van der Waals surface area (Å²) in [6.07, 6.45) is 0. The maximum atomic E-state index is 6.07. The van der Waals surface area contributed by atoms with Crippen LogP contribution in [0.2, 0.25) is 0 Å². The highest BCUT2D eigenvalue weighted by Gasteiger charge is 2.13. The van der Waals surface area contributed by atoms with Gasteiger partial charge in [0.2, 0.25) is 0 Å². The quantitative estimate of drug-likeness (QED) is 0.348. The summed E-state index contributed by atoms with van der Waals surface area (Å²) in [7, 11) is 0. The smallest absolute Gasteiger partial charge is 0.0701 e. The fourth-order valence-electron chi connectivity index (χ4n) is 4.88. The van der Waals surface area contributed by atoms with Gasteiger partial charge in [-0.2, -0.15) is 0 Å². The largest absolute Gasteiger partial charge is 0.379 e. The first-order chi connectivity index (χ1) is 20.8. The monoisotopic (exact) mass is 602 g/mol. The molecule has 0 aromatic carbocycles. The van der Waals surface area contributed by atoms with Gasteiger partial charge in [0.25, 0.3) is 0 Å². The van der Waals surface area contributed by atoms with E-state index in [4.69, 9.17) is 37.9 Å². The highest BCUT2D eigenvalue weighted by Crippen LogP contribution is 2.01. The zero-order valence-corrected chi connectivity index (χ0v) is 26.1. The summed E-state index contributed by atoms with van der Waals surface area (Å²) in [5, 5.41) is 0. The van der Waals surface area contributed by atoms with E-state index in [0.717, 1.165) is 84.1 Å². The standard InChI is InChI=1S/C30H58N4O8/c1-30-28-41-22-12-33-8-16-35-14-4-31-2-3-32(5-15-36-17-9-33)7-19-38-25-27-40-21-11-34(13-23-42-29-30)10-20-39-26-24-37-18-6-31/h1-29H2. The Morgan fingerprint density at radius 2 is 0.500 bits per heavy atom. The fourth-order valence-corrected chi connectivity index (χ4v) is 4.88. The number of rotatable bonds is 0. The first kappa shape index (κ1) is 35.7. The Bertz CT molecular complexity index is 627. The molecule has 12 heteroatoms. The number of ether oxygens (including phenoxy) is 8. The van der Waals surface area contributed by atoms with E-state index in [1.165, 1.54) is 0 Å². The van der Waals surface area contributed by atoms with Gasteiger partial charge in [-0.25, -0.2) is 0 Å². The molecule has 0 aromatic rings. The maximum absolute atomic E-state index is 6.07. The third-order valence-electron chi connectivity index (χ3n) is 7.61. The molecule has 0 radical (unpaired) electrons. The average molecular weight is 603 g/mol. The van der Waals surface area contributed by atoms with Crippen LogP contribution < -0.4 is 0 Å². The zero-order valence-electron chi connectivity index (χ0n) is 26.1. The first-order valence-electron chi connectivity index (χ1n) is 16.0. The van der Waals surface area contributed by atoms with Gasteiger partial charge < -0.3 is 37.9 Å². The van der Waals surface area contributed by atoms with Crippen LogP contribution in [0.3, 0.4) is 0 Å². The van der Waals surface area contributed by atoms with Gasteiger partial charge in [0.05, 0.1) is 106 Å². The van der Waals surface area contributed by atoms with Crippen LogP contribution in [0.4, 0.5) is 0 Å². The van der Waals surface area contributed by atoms with Gasteiger partial charge in [-0.05, 0) is 5.57 Å². The van der Waals surface area contributed by atoms with Crippen LogP contribution >= 0.6 is 0 Å². The van der Waals surface area contributed by atoms with Crippen LogP contribution in [0, 0.1) is 0 Å². The first-order valence-corrected chi connectivity index (χ1v) is 16.0. The molecule has 0 aliphatic carbocycles. The molecule has 0 spiro atoms. The topological polar surface area (TPSA) is 86.8 Å². The van der Waals surface area contributed by atoms with Crippen molar-refractivity contribution in [3.05, 3.63) is 12.2 Å². The van der Waals surface area contributed by atoms with E-state index < -0.39 is 0 Å². The molecule has 0 amide bonds. The van der Waals surface area contributed by atoms with Crippen LogP contribution in [-0.4, -0.2) is 204 Å². The minimum absolute atomic E-state index is 0.495. The van der Waals surface area contributed by atoms with Gasteiger partial charge in [-0.15, -0.1) is 0 Å². The van der Waals surface area contributed by atoms with Gasteiger partial charge in [0.15, 0.2) is 0 Å². The number of fused-ring (bicyclic) bond motifs is 31. The van der Waals surface area contributed by atoms with E-state index in [9.17, 15) is 0 Å². The van der Waals surface area contributed by atoms with E-state index in [0.29, 0.717) is 106 Å². The third kappa shape index (κ3) is 18.2. The minimum Gasteiger partial charge on any atom is -0.379 e. The highest BCUT2D eigenvalue weighted by atomic mass is 16.5. The van der Waals surface area contributed by atoms with Crippen LogP contribution in [-0.2, 0) is 37.9 Å². The van der Waals surface area contributed by atoms with Crippen LogP contribution in [0.1, 0.15) is 0 Å². The zero-order chi connectivity index (χ0) is 29.3. The van der Waals surface area contributed by atoms with E-state index in [2.05, 4.69) is 26.2 Å². The van der Waals surface area contributed by atoms with E-state index in [1.54, 1.807) is 0 Å². The average Bonchev–Trinajstić information content (AvgIpc) is 2.99. The molecule has 4 aliphatic heterocycles. The predicted molar refractivity (Wildman–Crippen MR) is 161 cm³/mol. The van der Waals surface area contributed by atoms with Gasteiger partial charge in [-0.3, -0.25) is 19.6 Å². The maximum Gasteiger partial charge on any atom is 0.0701 e. The van der Waals surface area contributed by atoms with Crippen molar-refractivity contribution in [2.75, 3.05) is 184 Å². The lowest BCUT2D eigenvalue weighted by atomic mass is 10.3. The van der Waals surface area contributed by atoms with Crippen LogP contribution in [0.15, 0.2) is 12.2 Å². The van der Waals surface area contributed by atoms with Crippen LogP contribution in [0.5, 0.6) is 0 Å². The second-order valence-corrected chi connectivity index (χ2v) is 10.9. The summed E-state index contributed by atoms with van der Waals surface area (Å²) >= 11 is 0. The van der Waals surface area contributed by atoms with Crippen LogP contribution in [0.25, 0.3) is 0 Å². The van der Waals surface area contributed by atoms with E-state index in [1.807, 2.05) is 0 Å². The summed E-state index contributed by atoms with van der Waals surface area (Å²) in [6, 6.07) is 0. The molecule has 4 heterocycles. The van der Waals surface area contributed by atoms with Gasteiger partial charge in [-0.1, -0.05) is 6.58 Å². The van der Waals surface area contributed by atoms with Gasteiger partial charge in [0.1, 0.15) is 0 Å². The molecule has 246 valence electrons. The van der Waals surface area contributed by atoms with Crippen molar-refractivity contribution >= 4 is 0 Å².